The lowest BCUT2D eigenvalue weighted by Gasteiger charge is -2.33. The van der Waals surface area contributed by atoms with Crippen LogP contribution in [0.2, 0.25) is 5.02 Å². The van der Waals surface area contributed by atoms with Gasteiger partial charge in [0.2, 0.25) is 10.0 Å². The molecule has 2 aromatic carbocycles. The summed E-state index contributed by atoms with van der Waals surface area (Å²) < 4.78 is 39.7. The average molecular weight is 469 g/mol. The zero-order valence-corrected chi connectivity index (χ0v) is 18.1. The Kier molecular flexibility index (Phi) is 7.60. The van der Waals surface area contributed by atoms with E-state index in [9.17, 15) is 22.4 Å². The quantitative estimate of drug-likeness (QED) is 0.627. The lowest BCUT2D eigenvalue weighted by Crippen LogP contribution is -2.50. The van der Waals surface area contributed by atoms with Gasteiger partial charge in [-0.05, 0) is 48.5 Å². The van der Waals surface area contributed by atoms with Gasteiger partial charge in [-0.3, -0.25) is 14.5 Å². The van der Waals surface area contributed by atoms with E-state index < -0.39 is 27.7 Å². The van der Waals surface area contributed by atoms with E-state index in [0.29, 0.717) is 43.4 Å². The molecular formula is C20H22ClFN4O4S. The molecule has 0 aromatic heterocycles. The number of nitrogens with zero attached hydrogens (tertiary/aromatic N) is 2. The third kappa shape index (κ3) is 6.23. The van der Waals surface area contributed by atoms with Crippen molar-refractivity contribution < 1.29 is 22.4 Å². The number of benzene rings is 2. The van der Waals surface area contributed by atoms with E-state index in [4.69, 9.17) is 11.6 Å². The first-order valence-electron chi connectivity index (χ1n) is 9.58. The van der Waals surface area contributed by atoms with Crippen molar-refractivity contribution in [3.8, 4) is 0 Å². The lowest BCUT2D eigenvalue weighted by atomic mass is 10.3. The maximum Gasteiger partial charge on any atom is 0.313 e. The zero-order chi connectivity index (χ0) is 22.4. The molecule has 2 N–H and O–H groups in total. The molecule has 2 amide bonds. The van der Waals surface area contributed by atoms with Gasteiger partial charge in [0.25, 0.3) is 0 Å². The van der Waals surface area contributed by atoms with E-state index in [0.717, 1.165) is 0 Å². The van der Waals surface area contributed by atoms with E-state index in [1.54, 1.807) is 12.1 Å². The summed E-state index contributed by atoms with van der Waals surface area (Å²) in [5.41, 5.74) is 0.319. The molecule has 1 heterocycles. The zero-order valence-electron chi connectivity index (χ0n) is 16.6. The Labute approximate surface area is 185 Å². The minimum Gasteiger partial charge on any atom is -0.347 e. The van der Waals surface area contributed by atoms with Crippen molar-refractivity contribution in [3.63, 3.8) is 0 Å². The highest BCUT2D eigenvalue weighted by molar-refractivity contribution is 7.89. The lowest BCUT2D eigenvalue weighted by molar-refractivity contribution is -0.136. The third-order valence-corrected chi connectivity index (χ3v) is 6.97. The molecule has 1 aliphatic heterocycles. The molecule has 0 atom stereocenters. The minimum atomic E-state index is -3.58. The number of halogens is 2. The van der Waals surface area contributed by atoms with Crippen molar-refractivity contribution in [3.05, 3.63) is 59.4 Å². The Bertz CT molecular complexity index is 1020. The fourth-order valence-corrected chi connectivity index (χ4v) is 4.63. The van der Waals surface area contributed by atoms with E-state index in [-0.39, 0.29) is 11.4 Å². The Morgan fingerprint density at radius 3 is 2.16 bits per heavy atom. The number of anilines is 1. The highest BCUT2D eigenvalue weighted by Gasteiger charge is 2.28. The maximum atomic E-state index is 12.9. The molecule has 0 saturated carbocycles. The maximum absolute atomic E-state index is 12.9. The number of hydrogen-bond donors (Lipinski definition) is 2. The SMILES string of the molecule is O=C(NCCN1CCN(S(=O)(=O)c2ccc(Cl)cc2)CC1)C(=O)Nc1ccc(F)cc1. The average Bonchev–Trinajstić information content (AvgIpc) is 2.76. The molecule has 2 aromatic rings. The molecule has 1 saturated heterocycles. The van der Waals surface area contributed by atoms with Crippen molar-refractivity contribution in [2.45, 2.75) is 4.90 Å². The topological polar surface area (TPSA) is 98.8 Å². The fraction of sp³-hybridized carbons (Fsp3) is 0.300. The second-order valence-electron chi connectivity index (χ2n) is 6.92. The minimum absolute atomic E-state index is 0.199. The highest BCUT2D eigenvalue weighted by Crippen LogP contribution is 2.19. The number of hydrogen-bond acceptors (Lipinski definition) is 5. The van der Waals surface area contributed by atoms with Crippen LogP contribution in [0.1, 0.15) is 0 Å². The first-order chi connectivity index (χ1) is 14.8. The smallest absolute Gasteiger partial charge is 0.313 e. The van der Waals surface area contributed by atoms with Crippen LogP contribution >= 0.6 is 11.6 Å². The second kappa shape index (κ2) is 10.2. The molecule has 1 fully saturated rings. The number of carbonyl (C=O) groups is 2. The Balaban J connectivity index is 1.41. The van der Waals surface area contributed by atoms with Gasteiger partial charge >= 0.3 is 11.8 Å². The largest absolute Gasteiger partial charge is 0.347 e. The van der Waals surface area contributed by atoms with Crippen LogP contribution in [0, 0.1) is 5.82 Å². The van der Waals surface area contributed by atoms with Crippen LogP contribution in [0.25, 0.3) is 0 Å². The molecule has 0 bridgehead atoms. The van der Waals surface area contributed by atoms with Gasteiger partial charge < -0.3 is 10.6 Å². The summed E-state index contributed by atoms with van der Waals surface area (Å²) in [6, 6.07) is 11.1. The molecule has 1 aliphatic rings. The van der Waals surface area contributed by atoms with Gasteiger partial charge in [-0.2, -0.15) is 4.31 Å². The summed E-state index contributed by atoms with van der Waals surface area (Å²) in [6.07, 6.45) is 0. The van der Waals surface area contributed by atoms with Crippen molar-refractivity contribution in [1.29, 1.82) is 0 Å². The number of amides is 2. The summed E-state index contributed by atoms with van der Waals surface area (Å²) in [4.78, 5) is 26.0. The fourth-order valence-electron chi connectivity index (χ4n) is 3.08. The van der Waals surface area contributed by atoms with Gasteiger partial charge in [0.05, 0.1) is 4.90 Å². The van der Waals surface area contributed by atoms with E-state index >= 15 is 0 Å². The first kappa shape index (κ1) is 23.1. The molecule has 0 aliphatic carbocycles. The van der Waals surface area contributed by atoms with Crippen LogP contribution < -0.4 is 10.6 Å². The molecule has 0 radical (unpaired) electrons. The summed E-state index contributed by atoms with van der Waals surface area (Å²) in [6.45, 7) is 2.37. The van der Waals surface area contributed by atoms with Crippen LogP contribution in [0.4, 0.5) is 10.1 Å². The van der Waals surface area contributed by atoms with E-state index in [2.05, 4.69) is 10.6 Å². The molecule has 8 nitrogen and oxygen atoms in total. The summed E-state index contributed by atoms with van der Waals surface area (Å²) in [5, 5.41) is 5.38. The van der Waals surface area contributed by atoms with Crippen molar-refractivity contribution >= 4 is 39.1 Å². The van der Waals surface area contributed by atoms with E-state index in [1.165, 1.54) is 40.7 Å². The van der Waals surface area contributed by atoms with Gasteiger partial charge in [0.1, 0.15) is 5.82 Å². The summed E-state index contributed by atoms with van der Waals surface area (Å²) in [7, 11) is -3.58. The van der Waals surface area contributed by atoms with Gasteiger partial charge in [0, 0.05) is 50.0 Å². The van der Waals surface area contributed by atoms with Crippen LogP contribution in [0.5, 0.6) is 0 Å². The summed E-state index contributed by atoms with van der Waals surface area (Å²) >= 11 is 5.82. The molecule has 0 spiro atoms. The third-order valence-electron chi connectivity index (χ3n) is 4.80. The van der Waals surface area contributed by atoms with Crippen molar-refractivity contribution in [2.24, 2.45) is 0 Å². The Morgan fingerprint density at radius 1 is 0.935 bits per heavy atom. The van der Waals surface area contributed by atoms with Gasteiger partial charge in [0.15, 0.2) is 0 Å². The van der Waals surface area contributed by atoms with Crippen LogP contribution in [0.15, 0.2) is 53.4 Å². The number of rotatable bonds is 6. The van der Waals surface area contributed by atoms with Crippen molar-refractivity contribution in [2.75, 3.05) is 44.6 Å². The monoisotopic (exact) mass is 468 g/mol. The number of carbonyl (C=O) groups excluding carboxylic acids is 2. The van der Waals surface area contributed by atoms with Gasteiger partial charge in [-0.15, -0.1) is 0 Å². The number of nitrogens with one attached hydrogen (secondary N) is 2. The number of sulfonamides is 1. The standard InChI is InChI=1S/C20H22ClFN4O4S/c21-15-1-7-18(8-2-15)31(29,30)26-13-11-25(12-14-26)10-9-23-19(27)20(28)24-17-5-3-16(22)4-6-17/h1-8H,9-14H2,(H,23,27)(H,24,28). The normalized spacial score (nSPS) is 15.4. The predicted molar refractivity (Wildman–Crippen MR) is 115 cm³/mol. The first-order valence-corrected chi connectivity index (χ1v) is 11.4. The molecule has 0 unspecified atom stereocenters. The van der Waals surface area contributed by atoms with Gasteiger partial charge in [-0.1, -0.05) is 11.6 Å². The Morgan fingerprint density at radius 2 is 1.55 bits per heavy atom. The molecular weight excluding hydrogens is 447 g/mol. The predicted octanol–water partition coefficient (Wildman–Crippen LogP) is 1.54. The molecule has 11 heteroatoms. The summed E-state index contributed by atoms with van der Waals surface area (Å²) in [5.74, 6) is -2.08. The Hall–Kier alpha value is -2.53. The van der Waals surface area contributed by atoms with Crippen LogP contribution in [-0.2, 0) is 19.6 Å². The van der Waals surface area contributed by atoms with Crippen LogP contribution in [-0.4, -0.2) is 68.7 Å². The molecule has 31 heavy (non-hydrogen) atoms. The molecule has 166 valence electrons. The second-order valence-corrected chi connectivity index (χ2v) is 9.29. The van der Waals surface area contributed by atoms with Crippen LogP contribution in [0.3, 0.4) is 0 Å². The van der Waals surface area contributed by atoms with E-state index in [1.807, 2.05) is 4.90 Å². The van der Waals surface area contributed by atoms with Gasteiger partial charge in [-0.25, -0.2) is 12.8 Å². The number of piperazine rings is 1. The molecule has 3 rings (SSSR count). The van der Waals surface area contributed by atoms with Crippen molar-refractivity contribution in [1.82, 2.24) is 14.5 Å². The highest BCUT2D eigenvalue weighted by atomic mass is 35.5.